The molecule has 6 nitrogen and oxygen atoms in total. The molecule has 0 fully saturated rings. The van der Waals surface area contributed by atoms with Gasteiger partial charge in [-0.2, -0.15) is 0 Å². The van der Waals surface area contributed by atoms with Crippen molar-refractivity contribution in [3.8, 4) is 0 Å². The molecule has 0 saturated heterocycles. The van der Waals surface area contributed by atoms with Crippen LogP contribution in [0.15, 0.2) is 30.3 Å². The number of amides is 2. The van der Waals surface area contributed by atoms with E-state index in [1.54, 1.807) is 12.1 Å². The van der Waals surface area contributed by atoms with Gasteiger partial charge in [-0.1, -0.05) is 12.1 Å². The number of hydrazine groups is 1. The van der Waals surface area contributed by atoms with Crippen molar-refractivity contribution >= 4 is 23.4 Å². The minimum absolute atomic E-state index is 0.0669. The smallest absolute Gasteiger partial charge is 0.411 e. The molecule has 1 aromatic rings. The zero-order chi connectivity index (χ0) is 13.0. The molecule has 6 heteroatoms. The first-order valence-electron chi connectivity index (χ1n) is 5.39. The molecule has 0 saturated carbocycles. The van der Waals surface area contributed by atoms with Crippen LogP contribution in [-0.4, -0.2) is 19.1 Å². The van der Waals surface area contributed by atoms with Gasteiger partial charge in [-0.25, -0.2) is 4.79 Å². The third-order valence-electron chi connectivity index (χ3n) is 2.46. The summed E-state index contributed by atoms with van der Waals surface area (Å²) >= 11 is 0. The fourth-order valence-electron chi connectivity index (χ4n) is 1.53. The van der Waals surface area contributed by atoms with E-state index in [1.165, 1.54) is 7.11 Å². The van der Waals surface area contributed by atoms with Crippen LogP contribution in [0.25, 0.3) is 5.70 Å². The predicted molar refractivity (Wildman–Crippen MR) is 66.3 cm³/mol. The third kappa shape index (κ3) is 2.79. The van der Waals surface area contributed by atoms with Crippen molar-refractivity contribution < 1.29 is 14.3 Å². The molecule has 0 bridgehead atoms. The maximum Gasteiger partial charge on any atom is 0.411 e. The standard InChI is InChI=1S/C12H13N3O3/c1-18-12(17)13-9-4-2-8(3-5-9)10-6-7-11(16)15-14-10/h2-6,14H,7H2,1H3,(H,13,17)(H,15,16). The molecule has 1 aromatic carbocycles. The molecular weight excluding hydrogens is 234 g/mol. The van der Waals surface area contributed by atoms with Crippen molar-refractivity contribution in [1.29, 1.82) is 0 Å². The molecule has 2 rings (SSSR count). The lowest BCUT2D eigenvalue weighted by atomic mass is 10.1. The predicted octanol–water partition coefficient (Wildman–Crippen LogP) is 1.23. The van der Waals surface area contributed by atoms with E-state index < -0.39 is 6.09 Å². The molecule has 0 aliphatic carbocycles. The van der Waals surface area contributed by atoms with Gasteiger partial charge in [0.1, 0.15) is 0 Å². The van der Waals surface area contributed by atoms with Crippen LogP contribution >= 0.6 is 0 Å². The van der Waals surface area contributed by atoms with Gasteiger partial charge in [-0.05, 0) is 23.8 Å². The Labute approximate surface area is 104 Å². The number of methoxy groups -OCH3 is 1. The summed E-state index contributed by atoms with van der Waals surface area (Å²) < 4.78 is 4.49. The zero-order valence-electron chi connectivity index (χ0n) is 9.82. The number of anilines is 1. The Morgan fingerprint density at radius 1 is 1.28 bits per heavy atom. The fraction of sp³-hybridized carbons (Fsp3) is 0.167. The molecule has 0 radical (unpaired) electrons. The van der Waals surface area contributed by atoms with Crippen LogP contribution in [0.3, 0.4) is 0 Å². The van der Waals surface area contributed by atoms with Crippen molar-refractivity contribution in [2.75, 3.05) is 12.4 Å². The normalized spacial score (nSPS) is 14.1. The summed E-state index contributed by atoms with van der Waals surface area (Å²) in [6.45, 7) is 0. The molecule has 1 heterocycles. The minimum atomic E-state index is -0.509. The van der Waals surface area contributed by atoms with E-state index >= 15 is 0 Å². The number of carbonyl (C=O) groups excluding carboxylic acids is 2. The van der Waals surface area contributed by atoms with Crippen molar-refractivity contribution in [2.45, 2.75) is 6.42 Å². The van der Waals surface area contributed by atoms with Gasteiger partial charge in [0.15, 0.2) is 0 Å². The molecule has 3 N–H and O–H groups in total. The van der Waals surface area contributed by atoms with Crippen LogP contribution in [0.5, 0.6) is 0 Å². The van der Waals surface area contributed by atoms with Gasteiger partial charge in [0.25, 0.3) is 0 Å². The Morgan fingerprint density at radius 2 is 2.00 bits per heavy atom. The average molecular weight is 247 g/mol. The Kier molecular flexibility index (Phi) is 3.47. The number of ether oxygens (including phenoxy) is 1. The summed E-state index contributed by atoms with van der Waals surface area (Å²) in [6.07, 6.45) is 1.65. The lowest BCUT2D eigenvalue weighted by Crippen LogP contribution is -2.38. The second kappa shape index (κ2) is 5.22. The van der Waals surface area contributed by atoms with Crippen LogP contribution in [-0.2, 0) is 9.53 Å². The molecule has 0 spiro atoms. The molecule has 1 aliphatic heterocycles. The second-order valence-electron chi connectivity index (χ2n) is 3.69. The van der Waals surface area contributed by atoms with Gasteiger partial charge in [0.05, 0.1) is 12.8 Å². The Hall–Kier alpha value is -2.50. The molecule has 0 aromatic heterocycles. The zero-order valence-corrected chi connectivity index (χ0v) is 9.82. The number of hydrogen-bond acceptors (Lipinski definition) is 4. The third-order valence-corrected chi connectivity index (χ3v) is 2.46. The Balaban J connectivity index is 2.08. The number of rotatable bonds is 2. The summed E-state index contributed by atoms with van der Waals surface area (Å²) in [5, 5.41) is 2.56. The topological polar surface area (TPSA) is 79.5 Å². The first kappa shape index (κ1) is 12.0. The molecule has 1 aliphatic rings. The van der Waals surface area contributed by atoms with Crippen LogP contribution in [0, 0.1) is 0 Å². The van der Waals surface area contributed by atoms with Crippen molar-refractivity contribution in [2.24, 2.45) is 0 Å². The summed E-state index contributed by atoms with van der Waals surface area (Å²) in [7, 11) is 1.31. The van der Waals surface area contributed by atoms with Gasteiger partial charge in [0.2, 0.25) is 5.91 Å². The van der Waals surface area contributed by atoms with Gasteiger partial charge >= 0.3 is 6.09 Å². The second-order valence-corrected chi connectivity index (χ2v) is 3.69. The highest BCUT2D eigenvalue weighted by molar-refractivity contribution is 5.86. The maximum atomic E-state index is 11.0. The van der Waals surface area contributed by atoms with Crippen LogP contribution < -0.4 is 16.2 Å². The molecule has 0 atom stereocenters. The first-order chi connectivity index (χ1) is 8.69. The van der Waals surface area contributed by atoms with Crippen LogP contribution in [0.4, 0.5) is 10.5 Å². The Morgan fingerprint density at radius 3 is 2.56 bits per heavy atom. The quantitative estimate of drug-likeness (QED) is 0.734. The highest BCUT2D eigenvalue weighted by Crippen LogP contribution is 2.17. The van der Waals surface area contributed by atoms with Crippen molar-refractivity contribution in [3.05, 3.63) is 35.9 Å². The Bertz CT molecular complexity index is 494. The van der Waals surface area contributed by atoms with Crippen LogP contribution in [0.2, 0.25) is 0 Å². The van der Waals surface area contributed by atoms with Gasteiger partial charge < -0.3 is 4.74 Å². The van der Waals surface area contributed by atoms with E-state index in [4.69, 9.17) is 0 Å². The monoisotopic (exact) mass is 247 g/mol. The number of carbonyl (C=O) groups is 2. The molecule has 2 amide bonds. The van der Waals surface area contributed by atoms with Crippen molar-refractivity contribution in [1.82, 2.24) is 10.9 Å². The van der Waals surface area contributed by atoms with E-state index in [-0.39, 0.29) is 5.91 Å². The first-order valence-corrected chi connectivity index (χ1v) is 5.39. The minimum Gasteiger partial charge on any atom is -0.453 e. The number of benzene rings is 1. The van der Waals surface area contributed by atoms with E-state index in [1.807, 2.05) is 18.2 Å². The maximum absolute atomic E-state index is 11.0. The lowest BCUT2D eigenvalue weighted by Gasteiger charge is -2.16. The molecule has 0 unspecified atom stereocenters. The van der Waals surface area contributed by atoms with Gasteiger partial charge in [-0.15, -0.1) is 0 Å². The largest absolute Gasteiger partial charge is 0.453 e. The average Bonchev–Trinajstić information content (AvgIpc) is 2.40. The van der Waals surface area contributed by atoms with E-state index in [9.17, 15) is 9.59 Å². The number of hydrogen-bond donors (Lipinski definition) is 3. The highest BCUT2D eigenvalue weighted by Gasteiger charge is 2.10. The number of nitrogens with one attached hydrogen (secondary N) is 3. The van der Waals surface area contributed by atoms with E-state index in [0.717, 1.165) is 11.3 Å². The SMILES string of the molecule is COC(=O)Nc1ccc(C2=CCC(=O)NN2)cc1. The fourth-order valence-corrected chi connectivity index (χ4v) is 1.53. The van der Waals surface area contributed by atoms with E-state index in [0.29, 0.717) is 12.1 Å². The van der Waals surface area contributed by atoms with E-state index in [2.05, 4.69) is 20.9 Å². The molecule has 94 valence electrons. The molecule has 18 heavy (non-hydrogen) atoms. The molecular formula is C12H13N3O3. The summed E-state index contributed by atoms with van der Waals surface area (Å²) in [5.41, 5.74) is 7.74. The summed E-state index contributed by atoms with van der Waals surface area (Å²) in [5.74, 6) is -0.0669. The summed E-state index contributed by atoms with van der Waals surface area (Å²) in [4.78, 5) is 22.0. The van der Waals surface area contributed by atoms with Crippen molar-refractivity contribution in [3.63, 3.8) is 0 Å². The highest BCUT2D eigenvalue weighted by atomic mass is 16.5. The van der Waals surface area contributed by atoms with Crippen LogP contribution in [0.1, 0.15) is 12.0 Å². The van der Waals surface area contributed by atoms with Gasteiger partial charge in [-0.3, -0.25) is 21.0 Å². The summed E-state index contributed by atoms with van der Waals surface area (Å²) in [6, 6.07) is 7.18. The van der Waals surface area contributed by atoms with Gasteiger partial charge in [0, 0.05) is 12.1 Å². The lowest BCUT2D eigenvalue weighted by molar-refractivity contribution is -0.121.